The lowest BCUT2D eigenvalue weighted by Gasteiger charge is -2.07. The molecule has 0 saturated carbocycles. The van der Waals surface area contributed by atoms with E-state index in [2.05, 4.69) is 45.0 Å². The highest BCUT2D eigenvalue weighted by Gasteiger charge is 1.98. The van der Waals surface area contributed by atoms with E-state index >= 15 is 0 Å². The van der Waals surface area contributed by atoms with Gasteiger partial charge in [0.25, 0.3) is 0 Å². The average molecular weight is 164 g/mol. The van der Waals surface area contributed by atoms with Crippen LogP contribution in [0.2, 0.25) is 0 Å². The summed E-state index contributed by atoms with van der Waals surface area (Å²) in [5, 5.41) is 0. The lowest BCUT2D eigenvalue weighted by molar-refractivity contribution is 0.645. The standard InChI is InChI=1S/C11H16.CH4/c1-9(2)8-11-7-5-4-6-10(11)3;/h4-7,9H,8H2,1-3H3;1H4. The maximum Gasteiger partial charge on any atom is -0.0253 e. The van der Waals surface area contributed by atoms with Crippen molar-refractivity contribution in [2.45, 2.75) is 34.6 Å². The molecule has 0 heteroatoms. The Balaban J connectivity index is 0.00000121. The van der Waals surface area contributed by atoms with E-state index in [-0.39, 0.29) is 7.43 Å². The molecule has 0 N–H and O–H groups in total. The highest BCUT2D eigenvalue weighted by atomic mass is 14.0. The van der Waals surface area contributed by atoms with E-state index in [1.54, 1.807) is 0 Å². The second kappa shape index (κ2) is 4.97. The van der Waals surface area contributed by atoms with Gasteiger partial charge in [-0.15, -0.1) is 0 Å². The van der Waals surface area contributed by atoms with Crippen molar-refractivity contribution in [3.8, 4) is 0 Å². The quantitative estimate of drug-likeness (QED) is 0.623. The van der Waals surface area contributed by atoms with E-state index in [1.807, 2.05) is 0 Å². The normalized spacial score (nSPS) is 9.67. The molecule has 12 heavy (non-hydrogen) atoms. The molecule has 68 valence electrons. The van der Waals surface area contributed by atoms with Crippen LogP contribution in [0, 0.1) is 12.8 Å². The second-order valence-corrected chi connectivity index (χ2v) is 3.52. The van der Waals surface area contributed by atoms with Crippen LogP contribution < -0.4 is 0 Å². The number of hydrogen-bond acceptors (Lipinski definition) is 0. The molecule has 0 nitrogen and oxygen atoms in total. The third kappa shape index (κ3) is 3.08. The maximum atomic E-state index is 2.26. The van der Waals surface area contributed by atoms with Crippen molar-refractivity contribution in [3.05, 3.63) is 35.4 Å². The van der Waals surface area contributed by atoms with Crippen LogP contribution in [0.4, 0.5) is 0 Å². The Morgan fingerprint density at radius 1 is 1.17 bits per heavy atom. The first-order valence-electron chi connectivity index (χ1n) is 4.24. The second-order valence-electron chi connectivity index (χ2n) is 3.52. The molecule has 0 spiro atoms. The highest BCUT2D eigenvalue weighted by Crippen LogP contribution is 2.11. The highest BCUT2D eigenvalue weighted by molar-refractivity contribution is 5.25. The Morgan fingerprint density at radius 3 is 2.25 bits per heavy atom. The average Bonchev–Trinajstić information content (AvgIpc) is 1.93. The molecule has 0 unspecified atom stereocenters. The van der Waals surface area contributed by atoms with E-state index in [4.69, 9.17) is 0 Å². The molecule has 0 aliphatic heterocycles. The Labute approximate surface area is 76.6 Å². The van der Waals surface area contributed by atoms with Crippen molar-refractivity contribution in [2.24, 2.45) is 5.92 Å². The Morgan fingerprint density at radius 2 is 1.75 bits per heavy atom. The Bertz CT molecular complexity index is 223. The predicted octanol–water partition coefficient (Wildman–Crippen LogP) is 3.83. The molecule has 1 rings (SSSR count). The van der Waals surface area contributed by atoms with Gasteiger partial charge in [-0.05, 0) is 30.4 Å². The zero-order chi connectivity index (χ0) is 8.27. The summed E-state index contributed by atoms with van der Waals surface area (Å²) in [6, 6.07) is 8.61. The van der Waals surface area contributed by atoms with Crippen molar-refractivity contribution in [1.29, 1.82) is 0 Å². The van der Waals surface area contributed by atoms with Crippen molar-refractivity contribution < 1.29 is 0 Å². The van der Waals surface area contributed by atoms with Crippen LogP contribution in [0.15, 0.2) is 24.3 Å². The first-order chi connectivity index (χ1) is 5.20. The molecule has 0 heterocycles. The monoisotopic (exact) mass is 164 g/mol. The molecule has 0 aliphatic rings. The molecule has 0 fully saturated rings. The summed E-state index contributed by atoms with van der Waals surface area (Å²) in [5.41, 5.74) is 2.91. The first kappa shape index (κ1) is 11.2. The number of benzene rings is 1. The van der Waals surface area contributed by atoms with Crippen LogP contribution in [-0.2, 0) is 6.42 Å². The molecule has 0 amide bonds. The molecule has 1 aromatic carbocycles. The van der Waals surface area contributed by atoms with E-state index in [0.717, 1.165) is 5.92 Å². The summed E-state index contributed by atoms with van der Waals surface area (Å²) in [5.74, 6) is 0.760. The Kier molecular flexibility index (Phi) is 4.65. The van der Waals surface area contributed by atoms with Crippen molar-refractivity contribution in [3.63, 3.8) is 0 Å². The topological polar surface area (TPSA) is 0 Å². The summed E-state index contributed by atoms with van der Waals surface area (Å²) in [6.45, 7) is 6.69. The molecular formula is C12H20. The summed E-state index contributed by atoms with van der Waals surface area (Å²) in [4.78, 5) is 0. The van der Waals surface area contributed by atoms with Gasteiger partial charge in [0.2, 0.25) is 0 Å². The van der Waals surface area contributed by atoms with E-state index in [0.29, 0.717) is 0 Å². The van der Waals surface area contributed by atoms with Gasteiger partial charge in [0, 0.05) is 0 Å². The molecule has 0 aromatic heterocycles. The smallest absolute Gasteiger partial charge is 0.0253 e. The van der Waals surface area contributed by atoms with Crippen molar-refractivity contribution in [2.75, 3.05) is 0 Å². The molecular weight excluding hydrogens is 144 g/mol. The van der Waals surface area contributed by atoms with Gasteiger partial charge in [-0.2, -0.15) is 0 Å². The number of rotatable bonds is 2. The van der Waals surface area contributed by atoms with Crippen LogP contribution in [-0.4, -0.2) is 0 Å². The summed E-state index contributed by atoms with van der Waals surface area (Å²) < 4.78 is 0. The van der Waals surface area contributed by atoms with Crippen LogP contribution in [0.1, 0.15) is 32.4 Å². The number of aryl methyl sites for hydroxylation is 1. The van der Waals surface area contributed by atoms with Gasteiger partial charge < -0.3 is 0 Å². The van der Waals surface area contributed by atoms with Gasteiger partial charge in [0.15, 0.2) is 0 Å². The van der Waals surface area contributed by atoms with Gasteiger partial charge in [0.05, 0.1) is 0 Å². The minimum absolute atomic E-state index is 0. The van der Waals surface area contributed by atoms with Gasteiger partial charge in [-0.3, -0.25) is 0 Å². The fourth-order valence-electron chi connectivity index (χ4n) is 1.28. The van der Waals surface area contributed by atoms with E-state index in [9.17, 15) is 0 Å². The number of hydrogen-bond donors (Lipinski definition) is 0. The lowest BCUT2D eigenvalue weighted by atomic mass is 9.99. The largest absolute Gasteiger partial charge is 0.0776 e. The van der Waals surface area contributed by atoms with Crippen molar-refractivity contribution in [1.82, 2.24) is 0 Å². The van der Waals surface area contributed by atoms with Crippen LogP contribution >= 0.6 is 0 Å². The van der Waals surface area contributed by atoms with Crippen LogP contribution in [0.3, 0.4) is 0 Å². The molecule has 0 bridgehead atoms. The molecule has 0 aliphatic carbocycles. The van der Waals surface area contributed by atoms with Gasteiger partial charge in [-0.1, -0.05) is 45.5 Å². The van der Waals surface area contributed by atoms with Crippen LogP contribution in [0.25, 0.3) is 0 Å². The molecule has 1 aromatic rings. The summed E-state index contributed by atoms with van der Waals surface area (Å²) in [6.07, 6.45) is 1.20. The molecule has 0 radical (unpaired) electrons. The molecule has 0 saturated heterocycles. The minimum atomic E-state index is 0. The SMILES string of the molecule is C.Cc1ccccc1CC(C)C. The lowest BCUT2D eigenvalue weighted by Crippen LogP contribution is -1.95. The zero-order valence-electron chi connectivity index (χ0n) is 7.59. The van der Waals surface area contributed by atoms with Gasteiger partial charge in [-0.25, -0.2) is 0 Å². The minimum Gasteiger partial charge on any atom is -0.0776 e. The van der Waals surface area contributed by atoms with E-state index in [1.165, 1.54) is 17.5 Å². The summed E-state index contributed by atoms with van der Waals surface area (Å²) >= 11 is 0. The van der Waals surface area contributed by atoms with Gasteiger partial charge >= 0.3 is 0 Å². The fraction of sp³-hybridized carbons (Fsp3) is 0.500. The third-order valence-corrected chi connectivity index (χ3v) is 1.89. The Hall–Kier alpha value is -0.780. The zero-order valence-corrected chi connectivity index (χ0v) is 7.59. The van der Waals surface area contributed by atoms with E-state index < -0.39 is 0 Å². The molecule has 0 atom stereocenters. The first-order valence-corrected chi connectivity index (χ1v) is 4.24. The fourth-order valence-corrected chi connectivity index (χ4v) is 1.28. The third-order valence-electron chi connectivity index (χ3n) is 1.89. The van der Waals surface area contributed by atoms with Gasteiger partial charge in [0.1, 0.15) is 0 Å². The maximum absolute atomic E-state index is 2.26. The summed E-state index contributed by atoms with van der Waals surface area (Å²) in [7, 11) is 0. The van der Waals surface area contributed by atoms with Crippen LogP contribution in [0.5, 0.6) is 0 Å². The predicted molar refractivity (Wildman–Crippen MR) is 56.5 cm³/mol. The van der Waals surface area contributed by atoms with Crippen molar-refractivity contribution >= 4 is 0 Å².